The fourth-order valence-corrected chi connectivity index (χ4v) is 1.72. The van der Waals surface area contributed by atoms with Gasteiger partial charge in [0.15, 0.2) is 12.4 Å². The van der Waals surface area contributed by atoms with E-state index in [1.165, 1.54) is 0 Å². The van der Waals surface area contributed by atoms with Crippen LogP contribution in [0.1, 0.15) is 25.3 Å². The molecule has 0 aliphatic heterocycles. The number of rotatable bonds is 7. The first-order valence-corrected chi connectivity index (χ1v) is 6.86. The highest BCUT2D eigenvalue weighted by molar-refractivity contribution is 7.81. The molecule has 0 aliphatic carbocycles. The Morgan fingerprint density at radius 1 is 1.24 bits per heavy atom. The normalized spacial score (nSPS) is 11.6. The van der Waals surface area contributed by atoms with Crippen molar-refractivity contribution in [2.24, 2.45) is 0 Å². The molecule has 0 atom stereocenters. The third-order valence-electron chi connectivity index (χ3n) is 2.13. The van der Waals surface area contributed by atoms with Crippen molar-refractivity contribution >= 4 is 10.4 Å². The number of pyridine rings is 1. The molecule has 0 bridgehead atoms. The highest BCUT2D eigenvalue weighted by atomic mass is 32.3. The van der Waals surface area contributed by atoms with E-state index in [2.05, 4.69) is 4.18 Å². The summed E-state index contributed by atoms with van der Waals surface area (Å²) in [7, 11) is -3.88. The van der Waals surface area contributed by atoms with E-state index in [1.54, 1.807) is 17.0 Å². The topological polar surface area (TPSA) is 56.5 Å². The summed E-state index contributed by atoms with van der Waals surface area (Å²) in [5.41, 5.74) is 1.10. The van der Waals surface area contributed by atoms with Gasteiger partial charge in [0.1, 0.15) is 0 Å². The SMILES string of the molecule is CCCCOS(=O)(=O)OC[n+]1ccc(C)cc1. The maximum atomic E-state index is 11.3. The Hall–Kier alpha value is -0.980. The van der Waals surface area contributed by atoms with E-state index in [0.717, 1.165) is 12.0 Å². The molecule has 1 aromatic heterocycles. The lowest BCUT2D eigenvalue weighted by Gasteiger charge is -2.03. The predicted molar refractivity (Wildman–Crippen MR) is 62.2 cm³/mol. The van der Waals surface area contributed by atoms with Crippen LogP contribution in [0.2, 0.25) is 0 Å². The van der Waals surface area contributed by atoms with Crippen molar-refractivity contribution in [1.82, 2.24) is 0 Å². The molecule has 1 aromatic rings. The Kier molecular flexibility index (Phi) is 5.54. The molecule has 0 amide bonds. The van der Waals surface area contributed by atoms with Crippen molar-refractivity contribution in [3.8, 4) is 0 Å². The van der Waals surface area contributed by atoms with Gasteiger partial charge in [-0.05, 0) is 18.9 Å². The molecule has 0 aromatic carbocycles. The van der Waals surface area contributed by atoms with Gasteiger partial charge in [-0.25, -0.2) is 4.18 Å². The van der Waals surface area contributed by atoms with Crippen LogP contribution in [0, 0.1) is 6.92 Å². The fraction of sp³-hybridized carbons (Fsp3) is 0.545. The minimum absolute atomic E-state index is 0.0747. The first kappa shape index (κ1) is 14.1. The molecule has 0 saturated carbocycles. The van der Waals surface area contributed by atoms with Gasteiger partial charge >= 0.3 is 10.4 Å². The Bertz CT molecular complexity index is 427. The summed E-state index contributed by atoms with van der Waals surface area (Å²) in [6.45, 7) is 4.00. The lowest BCUT2D eigenvalue weighted by molar-refractivity contribution is -0.724. The fourth-order valence-electron chi connectivity index (χ4n) is 1.08. The van der Waals surface area contributed by atoms with Crippen LogP contribution in [0.3, 0.4) is 0 Å². The second-order valence-corrected chi connectivity index (χ2v) is 5.01. The molecule has 0 aliphatic rings. The first-order chi connectivity index (χ1) is 8.03. The Labute approximate surface area is 102 Å². The first-order valence-electron chi connectivity index (χ1n) is 5.53. The van der Waals surface area contributed by atoms with Crippen LogP contribution in [-0.2, 0) is 25.5 Å². The zero-order valence-electron chi connectivity index (χ0n) is 10.1. The molecule has 96 valence electrons. The molecule has 17 heavy (non-hydrogen) atoms. The monoisotopic (exact) mass is 260 g/mol. The molecule has 0 fully saturated rings. The average Bonchev–Trinajstić information content (AvgIpc) is 2.29. The van der Waals surface area contributed by atoms with Crippen LogP contribution in [-0.4, -0.2) is 15.0 Å². The van der Waals surface area contributed by atoms with Crippen molar-refractivity contribution in [3.05, 3.63) is 30.1 Å². The molecule has 0 unspecified atom stereocenters. The Morgan fingerprint density at radius 3 is 2.47 bits per heavy atom. The van der Waals surface area contributed by atoms with Crippen LogP contribution in [0.15, 0.2) is 24.5 Å². The van der Waals surface area contributed by atoms with E-state index >= 15 is 0 Å². The lowest BCUT2D eigenvalue weighted by atomic mass is 10.3. The lowest BCUT2D eigenvalue weighted by Crippen LogP contribution is -2.35. The van der Waals surface area contributed by atoms with Crippen LogP contribution < -0.4 is 4.57 Å². The number of nitrogens with zero attached hydrogens (tertiary/aromatic N) is 1. The Morgan fingerprint density at radius 2 is 1.88 bits per heavy atom. The molecule has 0 spiro atoms. The van der Waals surface area contributed by atoms with Crippen LogP contribution >= 0.6 is 0 Å². The van der Waals surface area contributed by atoms with E-state index in [0.29, 0.717) is 6.42 Å². The van der Waals surface area contributed by atoms with Gasteiger partial charge in [0, 0.05) is 12.1 Å². The van der Waals surface area contributed by atoms with E-state index in [1.807, 2.05) is 26.0 Å². The second-order valence-electron chi connectivity index (χ2n) is 3.72. The predicted octanol–water partition coefficient (Wildman–Crippen LogP) is 1.32. The van der Waals surface area contributed by atoms with Crippen molar-refractivity contribution < 1.29 is 21.4 Å². The van der Waals surface area contributed by atoms with Crippen LogP contribution in [0.4, 0.5) is 0 Å². The van der Waals surface area contributed by atoms with Crippen molar-refractivity contribution in [2.45, 2.75) is 33.4 Å². The van der Waals surface area contributed by atoms with E-state index in [4.69, 9.17) is 4.18 Å². The van der Waals surface area contributed by atoms with Crippen molar-refractivity contribution in [2.75, 3.05) is 6.61 Å². The minimum atomic E-state index is -3.88. The molecule has 0 radical (unpaired) electrons. The van der Waals surface area contributed by atoms with Gasteiger partial charge < -0.3 is 0 Å². The third-order valence-corrected chi connectivity index (χ3v) is 2.98. The van der Waals surface area contributed by atoms with Crippen molar-refractivity contribution in [1.29, 1.82) is 0 Å². The van der Waals surface area contributed by atoms with Crippen LogP contribution in [0.5, 0.6) is 0 Å². The van der Waals surface area contributed by atoms with Gasteiger partial charge in [-0.1, -0.05) is 13.3 Å². The summed E-state index contributed by atoms with van der Waals surface area (Å²) in [5, 5.41) is 0. The van der Waals surface area contributed by atoms with Gasteiger partial charge in [0.05, 0.1) is 6.61 Å². The summed E-state index contributed by atoms with van der Waals surface area (Å²) in [4.78, 5) is 0. The van der Waals surface area contributed by atoms with E-state index in [-0.39, 0.29) is 13.3 Å². The average molecular weight is 260 g/mol. The second kappa shape index (κ2) is 6.68. The molecule has 1 heterocycles. The molecule has 5 nitrogen and oxygen atoms in total. The number of hydrogen-bond donors (Lipinski definition) is 0. The maximum Gasteiger partial charge on any atom is 0.405 e. The summed E-state index contributed by atoms with van der Waals surface area (Å²) in [5.74, 6) is 0. The minimum Gasteiger partial charge on any atom is -0.248 e. The number of unbranched alkanes of at least 4 members (excludes halogenated alkanes) is 1. The van der Waals surface area contributed by atoms with Crippen LogP contribution in [0.25, 0.3) is 0 Å². The standard InChI is InChI=1S/C11H18NO4S/c1-3-4-9-15-17(13,14)16-10-12-7-5-11(2)6-8-12/h5-8H,3-4,9-10H2,1-2H3/q+1. The highest BCUT2D eigenvalue weighted by Gasteiger charge is 2.14. The molecule has 6 heteroatoms. The van der Waals surface area contributed by atoms with Gasteiger partial charge in [-0.2, -0.15) is 17.2 Å². The smallest absolute Gasteiger partial charge is 0.248 e. The van der Waals surface area contributed by atoms with E-state index in [9.17, 15) is 8.42 Å². The van der Waals surface area contributed by atoms with Gasteiger partial charge in [-0.3, -0.25) is 0 Å². The summed E-state index contributed by atoms with van der Waals surface area (Å²) >= 11 is 0. The zero-order chi connectivity index (χ0) is 12.7. The quantitative estimate of drug-likeness (QED) is 0.548. The van der Waals surface area contributed by atoms with E-state index < -0.39 is 10.4 Å². The molecular formula is C11H18NO4S+. The third kappa shape index (κ3) is 5.76. The largest absolute Gasteiger partial charge is 0.405 e. The number of aromatic nitrogens is 1. The zero-order valence-corrected chi connectivity index (χ0v) is 10.9. The van der Waals surface area contributed by atoms with Gasteiger partial charge in [-0.15, -0.1) is 0 Å². The van der Waals surface area contributed by atoms with Gasteiger partial charge in [0.2, 0.25) is 0 Å². The van der Waals surface area contributed by atoms with Crippen molar-refractivity contribution in [3.63, 3.8) is 0 Å². The number of aryl methyl sites for hydroxylation is 1. The molecular weight excluding hydrogens is 242 g/mol. The molecule has 0 saturated heterocycles. The highest BCUT2D eigenvalue weighted by Crippen LogP contribution is 1.99. The number of hydrogen-bond acceptors (Lipinski definition) is 4. The summed E-state index contributed by atoms with van der Waals surface area (Å²) in [6, 6.07) is 3.74. The summed E-state index contributed by atoms with van der Waals surface area (Å²) < 4.78 is 33.6. The maximum absolute atomic E-state index is 11.3. The molecule has 0 N–H and O–H groups in total. The Balaban J connectivity index is 2.41. The molecule has 1 rings (SSSR count). The van der Waals surface area contributed by atoms with Gasteiger partial charge in [0.25, 0.3) is 6.73 Å². The summed E-state index contributed by atoms with van der Waals surface area (Å²) in [6.07, 6.45) is 5.07.